The van der Waals surface area contributed by atoms with Crippen LogP contribution < -0.4 is 15.2 Å². The molecule has 158 valence electrons. The van der Waals surface area contributed by atoms with Gasteiger partial charge in [0.25, 0.3) is 15.9 Å². The number of benzene rings is 1. The topological polar surface area (TPSA) is 101 Å². The number of hydrogen-bond acceptors (Lipinski definition) is 7. The molecule has 0 saturated carbocycles. The second-order valence-electron chi connectivity index (χ2n) is 6.10. The highest BCUT2D eigenvalue weighted by molar-refractivity contribution is 7.89. The maximum absolute atomic E-state index is 12.8. The average molecular weight is 450 g/mol. The molecule has 0 aliphatic carbocycles. The lowest BCUT2D eigenvalue weighted by molar-refractivity contribution is -0.137. The van der Waals surface area contributed by atoms with Crippen molar-refractivity contribution in [2.45, 2.75) is 18.0 Å². The summed E-state index contributed by atoms with van der Waals surface area (Å²) in [7, 11) is -4.40. The van der Waals surface area contributed by atoms with E-state index in [0.717, 1.165) is 29.5 Å². The number of anilines is 1. The van der Waals surface area contributed by atoms with Crippen molar-refractivity contribution in [3.8, 4) is 0 Å². The Morgan fingerprint density at radius 1 is 1.28 bits per heavy atom. The predicted octanol–water partition coefficient (Wildman–Crippen LogP) is 1.93. The second kappa shape index (κ2) is 8.26. The van der Waals surface area contributed by atoms with E-state index in [1.165, 1.54) is 0 Å². The smallest absolute Gasteiger partial charge is 0.378 e. The van der Waals surface area contributed by atoms with Crippen molar-refractivity contribution in [2.24, 2.45) is 0 Å². The molecule has 1 saturated heterocycles. The Morgan fingerprint density at radius 2 is 1.97 bits per heavy atom. The van der Waals surface area contributed by atoms with Gasteiger partial charge in [0.15, 0.2) is 5.13 Å². The molecule has 1 aliphatic heterocycles. The Bertz CT molecular complexity index is 1000. The Labute approximate surface area is 168 Å². The number of thiazole rings is 1. The summed E-state index contributed by atoms with van der Waals surface area (Å²) in [6, 6.07) is 3.22. The number of nitrogens with zero attached hydrogens (tertiary/aromatic N) is 2. The van der Waals surface area contributed by atoms with Crippen LogP contribution in [0.1, 0.15) is 20.9 Å². The fourth-order valence-corrected chi connectivity index (χ4v) is 4.45. The first-order chi connectivity index (χ1) is 13.6. The van der Waals surface area contributed by atoms with Gasteiger partial charge in [-0.1, -0.05) is 17.4 Å². The lowest BCUT2D eigenvalue weighted by Gasteiger charge is -2.25. The van der Waals surface area contributed by atoms with Crippen molar-refractivity contribution in [1.82, 2.24) is 15.2 Å². The summed E-state index contributed by atoms with van der Waals surface area (Å²) in [4.78, 5) is 20.0. The number of amides is 1. The molecule has 1 aromatic heterocycles. The SMILES string of the molecule is Cc1nc(N2CCOCC2)sc1C(=O)NNS(=O)(=O)c1cccc(C(F)(F)F)c1. The molecule has 2 heterocycles. The number of carbonyl (C=O) groups is 1. The van der Waals surface area contributed by atoms with Crippen LogP contribution >= 0.6 is 11.3 Å². The normalized spacial score (nSPS) is 15.4. The number of alkyl halides is 3. The first-order valence-electron chi connectivity index (χ1n) is 8.37. The third-order valence-corrected chi connectivity index (χ3v) is 6.51. The van der Waals surface area contributed by atoms with E-state index in [4.69, 9.17) is 4.74 Å². The highest BCUT2D eigenvalue weighted by atomic mass is 32.2. The fourth-order valence-electron chi connectivity index (χ4n) is 2.55. The van der Waals surface area contributed by atoms with Crippen LogP contribution in [0.15, 0.2) is 29.2 Å². The highest BCUT2D eigenvalue weighted by Crippen LogP contribution is 2.30. The van der Waals surface area contributed by atoms with Gasteiger partial charge in [-0.2, -0.15) is 13.2 Å². The maximum atomic E-state index is 12.8. The third kappa shape index (κ3) is 5.04. The number of hydrogen-bond donors (Lipinski definition) is 2. The average Bonchev–Trinajstić information content (AvgIpc) is 3.08. The molecule has 3 rings (SSSR count). The van der Waals surface area contributed by atoms with Gasteiger partial charge in [0, 0.05) is 13.1 Å². The molecule has 29 heavy (non-hydrogen) atoms. The number of ether oxygens (including phenoxy) is 1. The highest BCUT2D eigenvalue weighted by Gasteiger charge is 2.32. The first kappa shape index (κ1) is 21.5. The van der Waals surface area contributed by atoms with Crippen molar-refractivity contribution in [3.05, 3.63) is 40.4 Å². The number of halogens is 3. The molecule has 0 spiro atoms. The molecular weight excluding hydrogens is 433 g/mol. The first-order valence-corrected chi connectivity index (χ1v) is 10.7. The van der Waals surface area contributed by atoms with E-state index in [9.17, 15) is 26.4 Å². The predicted molar refractivity (Wildman–Crippen MR) is 99.1 cm³/mol. The van der Waals surface area contributed by atoms with Crippen LogP contribution in [0.4, 0.5) is 18.3 Å². The zero-order valence-corrected chi connectivity index (χ0v) is 16.7. The molecule has 8 nitrogen and oxygen atoms in total. The second-order valence-corrected chi connectivity index (χ2v) is 8.76. The molecule has 2 aromatic rings. The molecule has 2 N–H and O–H groups in total. The minimum absolute atomic E-state index is 0.193. The van der Waals surface area contributed by atoms with E-state index < -0.39 is 32.6 Å². The monoisotopic (exact) mass is 450 g/mol. The summed E-state index contributed by atoms with van der Waals surface area (Å²) in [5.41, 5.74) is 1.32. The lowest BCUT2D eigenvalue weighted by atomic mass is 10.2. The summed E-state index contributed by atoms with van der Waals surface area (Å²) < 4.78 is 68.1. The van der Waals surface area contributed by atoms with Crippen LogP contribution in [0, 0.1) is 6.92 Å². The zero-order valence-electron chi connectivity index (χ0n) is 15.1. The van der Waals surface area contributed by atoms with Crippen molar-refractivity contribution in [3.63, 3.8) is 0 Å². The number of morpholine rings is 1. The van der Waals surface area contributed by atoms with E-state index in [1.54, 1.807) is 6.92 Å². The zero-order chi connectivity index (χ0) is 21.2. The Kier molecular flexibility index (Phi) is 6.12. The number of aryl methyl sites for hydroxylation is 1. The molecule has 1 aromatic carbocycles. The fraction of sp³-hybridized carbons (Fsp3) is 0.375. The Hall–Kier alpha value is -2.22. The van der Waals surface area contributed by atoms with Gasteiger partial charge in [0.1, 0.15) is 4.88 Å². The number of hydrazine groups is 1. The number of rotatable bonds is 5. The van der Waals surface area contributed by atoms with Gasteiger partial charge in [-0.25, -0.2) is 13.4 Å². The molecule has 1 aliphatic rings. The van der Waals surface area contributed by atoms with E-state index in [-0.39, 0.29) is 4.88 Å². The number of aromatic nitrogens is 1. The molecule has 0 atom stereocenters. The van der Waals surface area contributed by atoms with Gasteiger partial charge >= 0.3 is 6.18 Å². The van der Waals surface area contributed by atoms with Gasteiger partial charge in [-0.15, -0.1) is 4.83 Å². The minimum atomic E-state index is -4.69. The molecule has 0 radical (unpaired) electrons. The van der Waals surface area contributed by atoms with E-state index in [2.05, 4.69) is 4.98 Å². The standard InChI is InChI=1S/C16H17F3N4O4S2/c1-10-13(28-15(20-10)23-5-7-27-8-6-23)14(24)21-22-29(25,26)12-4-2-3-11(9-12)16(17,18)19/h2-4,9,22H,5-8H2,1H3,(H,21,24). The van der Waals surface area contributed by atoms with Crippen LogP contribution in [-0.4, -0.2) is 45.6 Å². The third-order valence-electron chi connectivity index (χ3n) is 4.04. The lowest BCUT2D eigenvalue weighted by Crippen LogP contribution is -2.41. The van der Waals surface area contributed by atoms with Crippen molar-refractivity contribution < 1.29 is 31.1 Å². The van der Waals surface area contributed by atoms with Gasteiger partial charge in [0.05, 0.1) is 29.4 Å². The summed E-state index contributed by atoms with van der Waals surface area (Å²) in [6.07, 6.45) is -4.69. The van der Waals surface area contributed by atoms with Crippen LogP contribution in [-0.2, 0) is 20.9 Å². The molecule has 13 heteroatoms. The summed E-state index contributed by atoms with van der Waals surface area (Å²) in [5.74, 6) is -0.755. The van der Waals surface area contributed by atoms with E-state index >= 15 is 0 Å². The number of nitrogens with one attached hydrogen (secondary N) is 2. The van der Waals surface area contributed by atoms with Gasteiger partial charge < -0.3 is 9.64 Å². The largest absolute Gasteiger partial charge is 0.416 e. The van der Waals surface area contributed by atoms with Crippen molar-refractivity contribution in [1.29, 1.82) is 0 Å². The number of carbonyl (C=O) groups excluding carboxylic acids is 1. The number of sulfonamides is 1. The summed E-state index contributed by atoms with van der Waals surface area (Å²) in [5, 5.41) is 0.608. The Balaban J connectivity index is 1.71. The molecule has 1 amide bonds. The van der Waals surface area contributed by atoms with Gasteiger partial charge in [-0.3, -0.25) is 10.2 Å². The summed E-state index contributed by atoms with van der Waals surface area (Å²) >= 11 is 1.09. The van der Waals surface area contributed by atoms with Crippen LogP contribution in [0.2, 0.25) is 0 Å². The van der Waals surface area contributed by atoms with Gasteiger partial charge in [-0.05, 0) is 25.1 Å². The molecular formula is C16H17F3N4O4S2. The molecule has 1 fully saturated rings. The van der Waals surface area contributed by atoms with E-state index in [0.29, 0.717) is 43.2 Å². The summed E-state index contributed by atoms with van der Waals surface area (Å²) in [6.45, 7) is 3.93. The Morgan fingerprint density at radius 3 is 2.62 bits per heavy atom. The van der Waals surface area contributed by atoms with Crippen LogP contribution in [0.5, 0.6) is 0 Å². The molecule has 0 bridgehead atoms. The maximum Gasteiger partial charge on any atom is 0.416 e. The minimum Gasteiger partial charge on any atom is -0.378 e. The molecule has 0 unspecified atom stereocenters. The van der Waals surface area contributed by atoms with Crippen molar-refractivity contribution >= 4 is 32.4 Å². The van der Waals surface area contributed by atoms with Crippen LogP contribution in [0.3, 0.4) is 0 Å². The van der Waals surface area contributed by atoms with E-state index in [1.807, 2.05) is 15.2 Å². The quantitative estimate of drug-likeness (QED) is 0.676. The van der Waals surface area contributed by atoms with Crippen molar-refractivity contribution in [2.75, 3.05) is 31.2 Å². The van der Waals surface area contributed by atoms with Crippen LogP contribution in [0.25, 0.3) is 0 Å². The van der Waals surface area contributed by atoms with Gasteiger partial charge in [0.2, 0.25) is 0 Å².